The maximum atomic E-state index is 13.3. The third kappa shape index (κ3) is 4.98. The number of nitrogens with one attached hydrogen (secondary N) is 1. The zero-order valence-corrected chi connectivity index (χ0v) is 18.5. The summed E-state index contributed by atoms with van der Waals surface area (Å²) in [7, 11) is 0. The summed E-state index contributed by atoms with van der Waals surface area (Å²) in [6.45, 7) is 4.13. The molecule has 4 rings (SSSR count). The van der Waals surface area contributed by atoms with Crippen LogP contribution in [-0.4, -0.2) is 20.3 Å². The molecule has 0 aliphatic rings. The minimum absolute atomic E-state index is 0.0330. The molecule has 1 amide bonds. The predicted molar refractivity (Wildman–Crippen MR) is 127 cm³/mol. The van der Waals surface area contributed by atoms with Crippen molar-refractivity contribution in [1.82, 2.24) is 19.7 Å². The molecule has 0 radical (unpaired) electrons. The first-order valence-corrected chi connectivity index (χ1v) is 10.6. The maximum Gasteiger partial charge on any atom is 0.352 e. The molecule has 0 saturated heterocycles. The van der Waals surface area contributed by atoms with E-state index in [0.717, 1.165) is 31.5 Å². The number of carbonyl (C=O) groups excluding carboxylic acids is 1. The van der Waals surface area contributed by atoms with Crippen molar-refractivity contribution in [2.75, 3.05) is 0 Å². The van der Waals surface area contributed by atoms with Crippen LogP contribution in [0.1, 0.15) is 32.7 Å². The SMILES string of the molecule is Cc1ccc(Cn2c(=O)c(C(=O)NCc3ccccc3)nn(-c3cccc(C)c3)c2=O)cc1. The van der Waals surface area contributed by atoms with Gasteiger partial charge >= 0.3 is 5.69 Å². The number of nitrogens with zero attached hydrogens (tertiary/aromatic N) is 3. The van der Waals surface area contributed by atoms with Crippen LogP contribution < -0.4 is 16.6 Å². The number of benzene rings is 3. The molecule has 7 heteroatoms. The molecule has 0 aliphatic heterocycles. The van der Waals surface area contributed by atoms with E-state index < -0.39 is 17.2 Å². The Bertz CT molecular complexity index is 1400. The van der Waals surface area contributed by atoms with E-state index in [1.165, 1.54) is 0 Å². The van der Waals surface area contributed by atoms with Crippen molar-refractivity contribution in [2.45, 2.75) is 26.9 Å². The molecule has 0 bridgehead atoms. The Hall–Kier alpha value is -4.26. The topological polar surface area (TPSA) is 86.0 Å². The zero-order chi connectivity index (χ0) is 23.4. The molecule has 7 nitrogen and oxygen atoms in total. The van der Waals surface area contributed by atoms with Crippen molar-refractivity contribution >= 4 is 5.91 Å². The molecule has 0 spiro atoms. The Morgan fingerprint density at radius 3 is 2.27 bits per heavy atom. The smallest absolute Gasteiger partial charge is 0.346 e. The summed E-state index contributed by atoms with van der Waals surface area (Å²) in [4.78, 5) is 39.4. The van der Waals surface area contributed by atoms with Crippen LogP contribution in [-0.2, 0) is 13.1 Å². The average Bonchev–Trinajstić information content (AvgIpc) is 2.82. The lowest BCUT2D eigenvalue weighted by molar-refractivity contribution is 0.0941. The van der Waals surface area contributed by atoms with Gasteiger partial charge in [-0.2, -0.15) is 9.78 Å². The summed E-state index contributed by atoms with van der Waals surface area (Å²) < 4.78 is 2.16. The molecule has 1 N–H and O–H groups in total. The van der Waals surface area contributed by atoms with E-state index in [-0.39, 0.29) is 18.8 Å². The molecular formula is C26H24N4O3. The van der Waals surface area contributed by atoms with E-state index in [1.807, 2.05) is 74.5 Å². The molecule has 4 aromatic rings. The Morgan fingerprint density at radius 2 is 1.58 bits per heavy atom. The number of aryl methyl sites for hydroxylation is 2. The second-order valence-corrected chi connectivity index (χ2v) is 7.93. The first-order valence-electron chi connectivity index (χ1n) is 10.6. The van der Waals surface area contributed by atoms with Crippen LogP contribution in [0.3, 0.4) is 0 Å². The monoisotopic (exact) mass is 440 g/mol. The van der Waals surface area contributed by atoms with Gasteiger partial charge in [0, 0.05) is 6.54 Å². The third-order valence-corrected chi connectivity index (χ3v) is 5.28. The second kappa shape index (κ2) is 9.48. The highest BCUT2D eigenvalue weighted by molar-refractivity contribution is 5.91. The molecule has 0 saturated carbocycles. The number of aromatic nitrogens is 3. The minimum atomic E-state index is -0.727. The van der Waals surface area contributed by atoms with Crippen LogP contribution in [0.2, 0.25) is 0 Å². The molecule has 166 valence electrons. The first-order chi connectivity index (χ1) is 15.9. The van der Waals surface area contributed by atoms with Crippen LogP contribution in [0.4, 0.5) is 0 Å². The van der Waals surface area contributed by atoms with Gasteiger partial charge < -0.3 is 5.32 Å². The van der Waals surface area contributed by atoms with Gasteiger partial charge in [0.15, 0.2) is 0 Å². The number of carbonyl (C=O) groups is 1. The largest absolute Gasteiger partial charge is 0.352 e. The number of hydrogen-bond donors (Lipinski definition) is 1. The highest BCUT2D eigenvalue weighted by Crippen LogP contribution is 2.08. The Kier molecular flexibility index (Phi) is 6.31. The number of amides is 1. The standard InChI is InChI=1S/C26H24N4O3/c1-18-11-13-21(14-12-18)17-29-25(32)23(24(31)27-16-20-8-4-3-5-9-20)28-30(26(29)33)22-10-6-7-19(2)15-22/h3-15H,16-17H2,1-2H3,(H,27,31). The Labute approximate surface area is 191 Å². The van der Waals surface area contributed by atoms with Crippen molar-refractivity contribution in [2.24, 2.45) is 0 Å². The molecule has 0 aliphatic carbocycles. The van der Waals surface area contributed by atoms with Gasteiger partial charge in [-0.15, -0.1) is 0 Å². The Balaban J connectivity index is 1.78. The van der Waals surface area contributed by atoms with Gasteiger partial charge in [-0.3, -0.25) is 14.2 Å². The molecular weight excluding hydrogens is 416 g/mol. The lowest BCUT2D eigenvalue weighted by atomic mass is 10.1. The molecule has 3 aromatic carbocycles. The summed E-state index contributed by atoms with van der Waals surface area (Å²) in [6, 6.07) is 24.1. The third-order valence-electron chi connectivity index (χ3n) is 5.28. The van der Waals surface area contributed by atoms with Gasteiger partial charge in [-0.05, 0) is 42.7 Å². The fraction of sp³-hybridized carbons (Fsp3) is 0.154. The zero-order valence-electron chi connectivity index (χ0n) is 18.5. The van der Waals surface area contributed by atoms with Crippen molar-refractivity contribution in [3.8, 4) is 5.69 Å². The fourth-order valence-corrected chi connectivity index (χ4v) is 3.46. The highest BCUT2D eigenvalue weighted by atomic mass is 16.2. The van der Waals surface area contributed by atoms with Crippen LogP contribution >= 0.6 is 0 Å². The number of rotatable bonds is 6. The molecule has 0 unspecified atom stereocenters. The van der Waals surface area contributed by atoms with Gasteiger partial charge in [0.05, 0.1) is 12.2 Å². The van der Waals surface area contributed by atoms with Crippen LogP contribution in [0.15, 0.2) is 88.5 Å². The normalized spacial score (nSPS) is 10.7. The van der Waals surface area contributed by atoms with Crippen LogP contribution in [0.5, 0.6) is 0 Å². The minimum Gasteiger partial charge on any atom is -0.346 e. The van der Waals surface area contributed by atoms with Gasteiger partial charge in [0.1, 0.15) is 0 Å². The summed E-state index contributed by atoms with van der Waals surface area (Å²) in [6.07, 6.45) is 0. The first kappa shape index (κ1) is 22.0. The van der Waals surface area contributed by atoms with Gasteiger partial charge in [-0.25, -0.2) is 4.79 Å². The van der Waals surface area contributed by atoms with E-state index in [2.05, 4.69) is 10.4 Å². The predicted octanol–water partition coefficient (Wildman–Crippen LogP) is 2.99. The molecule has 1 aromatic heterocycles. The van der Waals surface area contributed by atoms with E-state index in [1.54, 1.807) is 18.2 Å². The van der Waals surface area contributed by atoms with Crippen LogP contribution in [0, 0.1) is 13.8 Å². The molecule has 0 fully saturated rings. The van der Waals surface area contributed by atoms with Crippen molar-refractivity contribution in [3.63, 3.8) is 0 Å². The van der Waals surface area contributed by atoms with E-state index in [0.29, 0.717) is 5.69 Å². The van der Waals surface area contributed by atoms with Gasteiger partial charge in [-0.1, -0.05) is 72.3 Å². The highest BCUT2D eigenvalue weighted by Gasteiger charge is 2.20. The lowest BCUT2D eigenvalue weighted by Crippen LogP contribution is -2.46. The quantitative estimate of drug-likeness (QED) is 0.499. The summed E-state index contributed by atoms with van der Waals surface area (Å²) in [5.74, 6) is -0.636. The van der Waals surface area contributed by atoms with Gasteiger partial charge in [0.2, 0.25) is 5.69 Å². The Morgan fingerprint density at radius 1 is 0.848 bits per heavy atom. The maximum absolute atomic E-state index is 13.3. The van der Waals surface area contributed by atoms with E-state index in [4.69, 9.17) is 0 Å². The summed E-state index contributed by atoms with van der Waals surface area (Å²) in [5.41, 5.74) is 2.47. The lowest BCUT2D eigenvalue weighted by Gasteiger charge is -2.13. The number of hydrogen-bond acceptors (Lipinski definition) is 4. The molecule has 0 atom stereocenters. The fourth-order valence-electron chi connectivity index (χ4n) is 3.46. The van der Waals surface area contributed by atoms with Crippen LogP contribution in [0.25, 0.3) is 5.69 Å². The molecule has 1 heterocycles. The second-order valence-electron chi connectivity index (χ2n) is 7.93. The van der Waals surface area contributed by atoms with E-state index >= 15 is 0 Å². The van der Waals surface area contributed by atoms with Crippen molar-refractivity contribution in [3.05, 3.63) is 128 Å². The summed E-state index contributed by atoms with van der Waals surface area (Å²) >= 11 is 0. The average molecular weight is 441 g/mol. The molecule has 33 heavy (non-hydrogen) atoms. The summed E-state index contributed by atoms with van der Waals surface area (Å²) in [5, 5.41) is 6.90. The van der Waals surface area contributed by atoms with Gasteiger partial charge in [0.25, 0.3) is 11.5 Å². The van der Waals surface area contributed by atoms with Crippen molar-refractivity contribution in [1.29, 1.82) is 0 Å². The van der Waals surface area contributed by atoms with E-state index in [9.17, 15) is 14.4 Å². The van der Waals surface area contributed by atoms with Crippen molar-refractivity contribution < 1.29 is 4.79 Å².